The molecule has 0 aliphatic heterocycles. The summed E-state index contributed by atoms with van der Waals surface area (Å²) in [5, 5.41) is 12.1. The summed E-state index contributed by atoms with van der Waals surface area (Å²) in [4.78, 5) is 14.9. The van der Waals surface area contributed by atoms with Gasteiger partial charge in [0.2, 0.25) is 10.0 Å². The molecule has 0 aromatic heterocycles. The van der Waals surface area contributed by atoms with E-state index in [1.165, 1.54) is 4.31 Å². The Bertz CT molecular complexity index is 2040. The van der Waals surface area contributed by atoms with E-state index in [9.17, 15) is 18.3 Å². The summed E-state index contributed by atoms with van der Waals surface area (Å²) in [5.41, 5.74) is 6.82. The van der Waals surface area contributed by atoms with Crippen LogP contribution in [0.1, 0.15) is 127 Å². The minimum atomic E-state index is -3.99. The van der Waals surface area contributed by atoms with Crippen molar-refractivity contribution in [2.75, 3.05) is 14.2 Å². The van der Waals surface area contributed by atoms with Crippen LogP contribution in [0, 0.1) is 17.8 Å². The molecule has 0 saturated carbocycles. The molecule has 0 spiro atoms. The molecule has 2 aliphatic rings. The molecule has 0 unspecified atom stereocenters. The molecule has 3 aromatic rings. The number of esters is 1. The van der Waals surface area contributed by atoms with E-state index < -0.39 is 60.5 Å². The van der Waals surface area contributed by atoms with Gasteiger partial charge in [-0.05, 0) is 154 Å². The Balaban J connectivity index is 1.41. The molecule has 1 N–H and O–H groups in total. The van der Waals surface area contributed by atoms with Crippen molar-refractivity contribution in [1.29, 1.82) is 0 Å². The lowest BCUT2D eigenvalue weighted by atomic mass is 9.83. The van der Waals surface area contributed by atoms with Crippen LogP contribution in [-0.4, -0.2) is 70.6 Å². The number of likely N-dealkylation sites (N-methyl/N-ethyl adjacent to an activating group) is 1. The third-order valence-corrected chi connectivity index (χ3v) is 21.3. The van der Waals surface area contributed by atoms with Crippen molar-refractivity contribution in [3.8, 4) is 5.75 Å². The molecule has 0 saturated heterocycles. The van der Waals surface area contributed by atoms with Crippen molar-refractivity contribution in [1.82, 2.24) is 4.31 Å². The van der Waals surface area contributed by atoms with E-state index in [2.05, 4.69) is 46.8 Å². The summed E-state index contributed by atoms with van der Waals surface area (Å²) in [7, 11) is -2.59. The van der Waals surface area contributed by atoms with Crippen molar-refractivity contribution in [2.24, 2.45) is 17.8 Å². The highest BCUT2D eigenvalue weighted by Crippen LogP contribution is 2.40. The van der Waals surface area contributed by atoms with Gasteiger partial charge in [-0.3, -0.25) is 4.79 Å². The molecule has 0 bridgehead atoms. The van der Waals surface area contributed by atoms with Crippen LogP contribution in [0.15, 0.2) is 77.2 Å². The molecule has 9 nitrogen and oxygen atoms in total. The summed E-state index contributed by atoms with van der Waals surface area (Å²) >= 11 is 0. The lowest BCUT2D eigenvalue weighted by Crippen LogP contribution is -2.44. The van der Waals surface area contributed by atoms with Crippen molar-refractivity contribution in [3.63, 3.8) is 0 Å². The number of hydrogen-bond donors (Lipinski definition) is 1. The smallest absolute Gasteiger partial charge is 0.311 e. The second kappa shape index (κ2) is 22.7. The fourth-order valence-electron chi connectivity index (χ4n) is 9.80. The van der Waals surface area contributed by atoms with Gasteiger partial charge in [0.05, 0.1) is 42.8 Å². The molecular weight excluding hydrogens is 827 g/mol. The number of methoxy groups -OCH3 is 1. The van der Waals surface area contributed by atoms with E-state index in [0.717, 1.165) is 109 Å². The van der Waals surface area contributed by atoms with Gasteiger partial charge >= 0.3 is 5.97 Å². The number of aliphatic hydroxyl groups excluding tert-OH is 1. The number of hydrogen-bond acceptors (Lipinski definition) is 8. The van der Waals surface area contributed by atoms with Gasteiger partial charge in [0.15, 0.2) is 8.32 Å². The predicted octanol–water partition coefficient (Wildman–Crippen LogP) is 11.0. The average molecular weight is 904 g/mol. The van der Waals surface area contributed by atoms with E-state index in [1.807, 2.05) is 75.4 Å². The molecule has 8 atom stereocenters. The van der Waals surface area contributed by atoms with E-state index >= 15 is 0 Å². The van der Waals surface area contributed by atoms with Crippen LogP contribution in [0.4, 0.5) is 0 Å². The Labute approximate surface area is 381 Å². The minimum Gasteiger partial charge on any atom is -0.497 e. The Kier molecular flexibility index (Phi) is 18.3. The highest BCUT2D eigenvalue weighted by Gasteiger charge is 2.41. The minimum absolute atomic E-state index is 0.000537. The average Bonchev–Trinajstić information content (AvgIpc) is 3.30. The van der Waals surface area contributed by atoms with Crippen molar-refractivity contribution in [2.45, 2.75) is 174 Å². The van der Waals surface area contributed by atoms with Gasteiger partial charge in [-0.15, -0.1) is 0 Å². The second-order valence-electron chi connectivity index (χ2n) is 18.5. The quantitative estimate of drug-likeness (QED) is 0.0603. The van der Waals surface area contributed by atoms with E-state index in [0.29, 0.717) is 10.5 Å². The maximum absolute atomic E-state index is 15.0. The lowest BCUT2D eigenvalue weighted by Gasteiger charge is -2.36. The zero-order chi connectivity index (χ0) is 46.1. The number of aryl methyl sites for hydroxylation is 2. The molecule has 0 fully saturated rings. The van der Waals surface area contributed by atoms with Crippen LogP contribution in [0.2, 0.25) is 18.1 Å². The van der Waals surface area contributed by atoms with E-state index in [1.54, 1.807) is 21.1 Å². The summed E-state index contributed by atoms with van der Waals surface area (Å²) < 4.78 is 56.6. The molecule has 3 aromatic carbocycles. The van der Waals surface area contributed by atoms with Crippen molar-refractivity contribution in [3.05, 3.63) is 106 Å². The Morgan fingerprint density at radius 1 is 0.841 bits per heavy atom. The Hall–Kier alpha value is -3.32. The first-order valence-corrected chi connectivity index (χ1v) is 27.7. The topological polar surface area (TPSA) is 112 Å². The number of fused-ring (bicyclic) bond motifs is 2. The summed E-state index contributed by atoms with van der Waals surface area (Å²) in [5.74, 6) is -1.26. The predicted molar refractivity (Wildman–Crippen MR) is 256 cm³/mol. The van der Waals surface area contributed by atoms with Crippen LogP contribution in [0.3, 0.4) is 0 Å². The fourth-order valence-corrected chi connectivity index (χ4v) is 14.7. The number of sulfonamides is 1. The first-order chi connectivity index (χ1) is 30.0. The number of nitrogens with zero attached hydrogens (tertiary/aromatic N) is 1. The lowest BCUT2D eigenvalue weighted by molar-refractivity contribution is -0.162. The van der Waals surface area contributed by atoms with Crippen molar-refractivity contribution >= 4 is 24.3 Å². The first-order valence-electron chi connectivity index (χ1n) is 23.7. The highest BCUT2D eigenvalue weighted by molar-refractivity contribution is 7.89. The summed E-state index contributed by atoms with van der Waals surface area (Å²) in [6, 6.07) is 21.8. The summed E-state index contributed by atoms with van der Waals surface area (Å²) in [6.07, 6.45) is 6.88. The SMILES string of the molecule is CC[Si](CC)(CC)O[C@@H](C)[C@@H](C)/C=C(\C)[C@H](OCc1ccc(OC)cc1)[C@@H](C)[C@H](O)[C@@H](C)C(=O)O[C@H](c1ccccc1)[C@H](C)N(C)S(=O)(=O)c1c2c(cc3c1CCCC3)CCCC2. The molecule has 63 heavy (non-hydrogen) atoms. The third kappa shape index (κ3) is 11.9. The van der Waals surface area contributed by atoms with Gasteiger partial charge in [0.25, 0.3) is 0 Å². The number of carbonyl (C=O) groups excluding carboxylic acids is 1. The molecule has 0 amide bonds. The van der Waals surface area contributed by atoms with Crippen LogP contribution in [0.25, 0.3) is 0 Å². The molecule has 2 aliphatic carbocycles. The fraction of sp³-hybridized carbons (Fsp3) is 0.596. The van der Waals surface area contributed by atoms with Gasteiger partial charge in [0, 0.05) is 19.1 Å². The van der Waals surface area contributed by atoms with Crippen molar-refractivity contribution < 1.29 is 37.0 Å². The van der Waals surface area contributed by atoms with E-state index in [4.69, 9.17) is 18.6 Å². The normalized spacial score (nSPS) is 18.6. The molecule has 0 radical (unpaired) electrons. The molecule has 11 heteroatoms. The zero-order valence-corrected chi connectivity index (χ0v) is 41.9. The van der Waals surface area contributed by atoms with E-state index in [-0.39, 0.29) is 18.6 Å². The number of aliphatic hydroxyl groups is 1. The molecule has 348 valence electrons. The van der Waals surface area contributed by atoms with Gasteiger partial charge in [-0.25, -0.2) is 8.42 Å². The number of benzene rings is 3. The largest absolute Gasteiger partial charge is 0.497 e. The Morgan fingerprint density at radius 3 is 1.94 bits per heavy atom. The van der Waals surface area contributed by atoms with Gasteiger partial charge in [0.1, 0.15) is 11.9 Å². The Morgan fingerprint density at radius 2 is 1.40 bits per heavy atom. The van der Waals surface area contributed by atoms with Gasteiger partial charge in [-0.2, -0.15) is 4.31 Å². The first kappa shape index (κ1) is 50.7. The number of rotatable bonds is 22. The van der Waals surface area contributed by atoms with Crippen LogP contribution in [-0.2, 0) is 61.0 Å². The highest BCUT2D eigenvalue weighted by atomic mass is 32.2. The third-order valence-electron chi connectivity index (χ3n) is 14.5. The number of carbonyl (C=O) groups is 1. The van der Waals surface area contributed by atoms with Crippen LogP contribution in [0.5, 0.6) is 5.75 Å². The van der Waals surface area contributed by atoms with Gasteiger partial charge < -0.3 is 23.7 Å². The summed E-state index contributed by atoms with van der Waals surface area (Å²) in [6.45, 7) is 18.8. The van der Waals surface area contributed by atoms with Gasteiger partial charge in [-0.1, -0.05) is 89.2 Å². The monoisotopic (exact) mass is 904 g/mol. The van der Waals surface area contributed by atoms with Crippen LogP contribution < -0.4 is 4.74 Å². The standard InChI is InChI=1S/C52H77NO8SSi/c1-12-63(13-2,14-3)61-40(9)35(4)32-36(5)49(59-34-41-28-30-45(58-11)31-29-41)37(6)48(54)38(7)52(55)60-50(42-22-16-15-17-23-42)39(8)53(10)62(56,57)51-46-26-20-18-24-43(46)33-44-25-19-21-27-47(44)51/h15-17,22-23,28-33,35,37-40,48-50,54H,12-14,18-21,24-27,34H2,1-11H3/b36-32+/t35-,37-,38+,39-,40-,48-,49-,50-/m0/s1. The van der Waals surface area contributed by atoms with Crippen LogP contribution >= 0.6 is 0 Å². The maximum atomic E-state index is 15.0. The number of ether oxygens (including phenoxy) is 3. The second-order valence-corrected chi connectivity index (χ2v) is 25.1. The maximum Gasteiger partial charge on any atom is 0.311 e. The molecule has 0 heterocycles. The molecule has 5 rings (SSSR count). The molecular formula is C52H77NO8SSi. The zero-order valence-electron chi connectivity index (χ0n) is 40.1.